The van der Waals surface area contributed by atoms with Gasteiger partial charge in [0.05, 0.1) is 0 Å². The Morgan fingerprint density at radius 1 is 1.19 bits per heavy atom. The second-order valence-electron chi connectivity index (χ2n) is 4.90. The number of nitrogens with one attached hydrogen (secondary N) is 1. The zero-order valence-corrected chi connectivity index (χ0v) is 12.7. The lowest BCUT2D eigenvalue weighted by atomic mass is 10.3. The first-order chi connectivity index (χ1) is 10.1. The molecule has 8 heteroatoms. The van der Waals surface area contributed by atoms with Crippen LogP contribution >= 0.6 is 11.6 Å². The number of H-pyrrole nitrogens is 1. The summed E-state index contributed by atoms with van der Waals surface area (Å²) in [7, 11) is 0. The summed E-state index contributed by atoms with van der Waals surface area (Å²) in [5.41, 5.74) is -0.233. The van der Waals surface area contributed by atoms with Gasteiger partial charge in [0.2, 0.25) is 5.28 Å². The fourth-order valence-electron chi connectivity index (χ4n) is 2.24. The number of aryl methyl sites for hydroxylation is 1. The second-order valence-corrected chi connectivity index (χ2v) is 5.26. The highest BCUT2D eigenvalue weighted by molar-refractivity contribution is 6.28. The van der Waals surface area contributed by atoms with Gasteiger partial charge in [0.1, 0.15) is 0 Å². The van der Waals surface area contributed by atoms with Crippen LogP contribution in [0.1, 0.15) is 32.6 Å². The molecular formula is C13H19ClN4O3. The van der Waals surface area contributed by atoms with E-state index >= 15 is 0 Å². The van der Waals surface area contributed by atoms with Crippen LogP contribution in [0.5, 0.6) is 0 Å². The first-order valence-electron chi connectivity index (χ1n) is 7.09. The highest BCUT2D eigenvalue weighted by Crippen LogP contribution is 2.10. The number of aromatic amines is 1. The van der Waals surface area contributed by atoms with Crippen LogP contribution in [0.3, 0.4) is 0 Å². The van der Waals surface area contributed by atoms with Gasteiger partial charge in [-0.1, -0.05) is 13.3 Å². The van der Waals surface area contributed by atoms with Crippen LogP contribution < -0.4 is 11.2 Å². The first-order valence-corrected chi connectivity index (χ1v) is 7.47. The molecule has 0 aliphatic carbocycles. The van der Waals surface area contributed by atoms with Crippen LogP contribution in [0.25, 0.3) is 11.2 Å². The van der Waals surface area contributed by atoms with Gasteiger partial charge in [0.25, 0.3) is 5.56 Å². The maximum absolute atomic E-state index is 12.5. The molecule has 0 aliphatic heterocycles. The van der Waals surface area contributed by atoms with Gasteiger partial charge >= 0.3 is 5.69 Å². The number of hydrogen-bond acceptors (Lipinski definition) is 4. The Bertz CT molecular complexity index is 731. The molecule has 2 rings (SSSR count). The third-order valence-electron chi connectivity index (χ3n) is 3.36. The summed E-state index contributed by atoms with van der Waals surface area (Å²) in [5, 5.41) is 8.92. The van der Waals surface area contributed by atoms with Crippen molar-refractivity contribution in [1.82, 2.24) is 19.1 Å². The molecule has 21 heavy (non-hydrogen) atoms. The van der Waals surface area contributed by atoms with Gasteiger partial charge in [-0.05, 0) is 30.9 Å². The first kappa shape index (κ1) is 15.8. The molecular weight excluding hydrogens is 296 g/mol. The van der Waals surface area contributed by atoms with Gasteiger partial charge in [0, 0.05) is 19.7 Å². The summed E-state index contributed by atoms with van der Waals surface area (Å²) in [5.74, 6) is 0. The molecule has 0 spiro atoms. The fraction of sp³-hybridized carbons (Fsp3) is 0.615. The minimum atomic E-state index is -0.417. The fourth-order valence-corrected chi connectivity index (χ4v) is 2.41. The lowest BCUT2D eigenvalue weighted by Crippen LogP contribution is -2.40. The maximum Gasteiger partial charge on any atom is 0.332 e. The maximum atomic E-state index is 12.5. The zero-order chi connectivity index (χ0) is 15.4. The molecule has 0 aliphatic rings. The van der Waals surface area contributed by atoms with Gasteiger partial charge in [-0.2, -0.15) is 4.98 Å². The molecule has 0 saturated carbocycles. The average Bonchev–Trinajstić information content (AvgIpc) is 2.84. The predicted molar refractivity (Wildman–Crippen MR) is 80.9 cm³/mol. The standard InChI is InChI=1S/C13H19ClN4O3/c1-2-3-6-17-10-9(15-12(14)16-10)11(20)18(13(17)21)7-4-5-8-19/h19H,2-8H2,1H3,(H,15,16). The van der Waals surface area contributed by atoms with Crippen molar-refractivity contribution in [2.75, 3.05) is 6.61 Å². The molecule has 0 unspecified atom stereocenters. The van der Waals surface area contributed by atoms with Gasteiger partial charge in [-0.3, -0.25) is 13.9 Å². The summed E-state index contributed by atoms with van der Waals surface area (Å²) >= 11 is 5.83. The van der Waals surface area contributed by atoms with Crippen LogP contribution in [0.4, 0.5) is 0 Å². The number of aromatic nitrogens is 4. The highest BCUT2D eigenvalue weighted by atomic mass is 35.5. The van der Waals surface area contributed by atoms with E-state index < -0.39 is 5.56 Å². The van der Waals surface area contributed by atoms with Gasteiger partial charge in [-0.25, -0.2) is 4.79 Å². The summed E-state index contributed by atoms with van der Waals surface area (Å²) in [4.78, 5) is 31.6. The van der Waals surface area contributed by atoms with Crippen LogP contribution in [-0.2, 0) is 13.1 Å². The Morgan fingerprint density at radius 2 is 1.90 bits per heavy atom. The molecule has 7 nitrogen and oxygen atoms in total. The van der Waals surface area contributed by atoms with E-state index in [2.05, 4.69) is 9.97 Å². The van der Waals surface area contributed by atoms with Crippen LogP contribution in [0.15, 0.2) is 9.59 Å². The van der Waals surface area contributed by atoms with E-state index in [0.29, 0.717) is 25.0 Å². The number of hydrogen-bond donors (Lipinski definition) is 2. The Balaban J connectivity index is 2.57. The van der Waals surface area contributed by atoms with Crippen molar-refractivity contribution in [3.8, 4) is 0 Å². The Hall–Kier alpha value is -1.60. The van der Waals surface area contributed by atoms with E-state index in [1.165, 1.54) is 9.13 Å². The highest BCUT2D eigenvalue weighted by Gasteiger charge is 2.16. The number of imidazole rings is 1. The quantitative estimate of drug-likeness (QED) is 0.591. The molecule has 0 bridgehead atoms. The van der Waals surface area contributed by atoms with E-state index in [9.17, 15) is 9.59 Å². The lowest BCUT2D eigenvalue weighted by molar-refractivity contribution is 0.280. The summed E-state index contributed by atoms with van der Waals surface area (Å²) < 4.78 is 2.67. The number of nitrogens with zero attached hydrogens (tertiary/aromatic N) is 3. The number of aliphatic hydroxyl groups is 1. The molecule has 0 aromatic carbocycles. The summed E-state index contributed by atoms with van der Waals surface area (Å²) in [6.45, 7) is 2.83. The molecule has 2 heterocycles. The normalized spacial score (nSPS) is 11.4. The number of rotatable bonds is 7. The van der Waals surface area contributed by atoms with Crippen molar-refractivity contribution >= 4 is 22.8 Å². The molecule has 0 fully saturated rings. The van der Waals surface area contributed by atoms with E-state index in [1.807, 2.05) is 6.92 Å². The van der Waals surface area contributed by atoms with Crippen molar-refractivity contribution in [3.63, 3.8) is 0 Å². The van der Waals surface area contributed by atoms with Gasteiger partial charge in [-0.15, -0.1) is 0 Å². The predicted octanol–water partition coefficient (Wildman–Crippen LogP) is 1.11. The summed E-state index contributed by atoms with van der Waals surface area (Å²) in [6.07, 6.45) is 2.85. The smallest absolute Gasteiger partial charge is 0.332 e. The van der Waals surface area contributed by atoms with Gasteiger partial charge in [0.15, 0.2) is 11.2 Å². The van der Waals surface area contributed by atoms with E-state index in [0.717, 1.165) is 12.8 Å². The minimum Gasteiger partial charge on any atom is -0.396 e. The monoisotopic (exact) mass is 314 g/mol. The summed E-state index contributed by atoms with van der Waals surface area (Å²) in [6, 6.07) is 0. The lowest BCUT2D eigenvalue weighted by Gasteiger charge is -2.10. The van der Waals surface area contributed by atoms with Crippen molar-refractivity contribution < 1.29 is 5.11 Å². The molecule has 2 aromatic heterocycles. The number of unbranched alkanes of at least 4 members (excludes halogenated alkanes) is 2. The SMILES string of the molecule is CCCCn1c(=O)n(CCCCO)c(=O)c2[nH]c(Cl)nc21. The van der Waals surface area contributed by atoms with Crippen LogP contribution in [-0.4, -0.2) is 30.8 Å². The van der Waals surface area contributed by atoms with Crippen molar-refractivity contribution in [1.29, 1.82) is 0 Å². The molecule has 0 radical (unpaired) electrons. The van der Waals surface area contributed by atoms with Crippen molar-refractivity contribution in [2.45, 2.75) is 45.7 Å². The molecule has 0 amide bonds. The third-order valence-corrected chi connectivity index (χ3v) is 3.54. The third kappa shape index (κ3) is 3.19. The van der Waals surface area contributed by atoms with E-state index in [4.69, 9.17) is 16.7 Å². The topological polar surface area (TPSA) is 92.9 Å². The van der Waals surface area contributed by atoms with Crippen molar-refractivity contribution in [2.24, 2.45) is 0 Å². The zero-order valence-electron chi connectivity index (χ0n) is 11.9. The van der Waals surface area contributed by atoms with E-state index in [-0.39, 0.29) is 29.6 Å². The number of fused-ring (bicyclic) bond motifs is 1. The van der Waals surface area contributed by atoms with Crippen molar-refractivity contribution in [3.05, 3.63) is 26.1 Å². The molecule has 0 saturated heterocycles. The van der Waals surface area contributed by atoms with Gasteiger partial charge < -0.3 is 10.1 Å². The minimum absolute atomic E-state index is 0.0386. The molecule has 0 atom stereocenters. The molecule has 2 N–H and O–H groups in total. The molecule has 2 aromatic rings. The molecule has 116 valence electrons. The Kier molecular flexibility index (Phi) is 5.19. The Morgan fingerprint density at radius 3 is 2.57 bits per heavy atom. The van der Waals surface area contributed by atoms with Crippen LogP contribution in [0, 0.1) is 0 Å². The Labute approximate surface area is 126 Å². The van der Waals surface area contributed by atoms with Crippen LogP contribution in [0.2, 0.25) is 5.28 Å². The average molecular weight is 315 g/mol. The number of halogens is 1. The second kappa shape index (κ2) is 6.91. The van der Waals surface area contributed by atoms with E-state index in [1.54, 1.807) is 0 Å². The number of aliphatic hydroxyl groups excluding tert-OH is 1. The largest absolute Gasteiger partial charge is 0.396 e.